The summed E-state index contributed by atoms with van der Waals surface area (Å²) < 4.78 is 212. The standard InChI is InChI=1S/C12H12F14O3S.Li/c13-1(2(14)4(16)6(18)8(20)10(22)23)3(15)5(17)7(19)9(21)12(25,26)11(24)30(27,28)29;/h1-11H,(H,27,28,29);/q;+1/p-1. The van der Waals surface area contributed by atoms with E-state index in [1.165, 1.54) is 0 Å². The second kappa shape index (κ2) is 12.1. The summed E-state index contributed by atoms with van der Waals surface area (Å²) in [6.07, 6.45) is -44.1. The van der Waals surface area contributed by atoms with Crippen LogP contribution in [0.4, 0.5) is 61.5 Å². The van der Waals surface area contributed by atoms with E-state index in [9.17, 15) is 74.4 Å². The predicted molar refractivity (Wildman–Crippen MR) is 69.6 cm³/mol. The van der Waals surface area contributed by atoms with Gasteiger partial charge in [0.2, 0.25) is 6.17 Å². The molecule has 0 N–H and O–H groups in total. The van der Waals surface area contributed by atoms with Gasteiger partial charge in [0.1, 0.15) is 10.1 Å². The fraction of sp³-hybridized carbons (Fsp3) is 1.00. The second-order valence-electron chi connectivity index (χ2n) is 5.78. The van der Waals surface area contributed by atoms with Crippen LogP contribution in [0.15, 0.2) is 0 Å². The Kier molecular flexibility index (Phi) is 12.8. The third-order valence-electron chi connectivity index (χ3n) is 3.57. The van der Waals surface area contributed by atoms with Crippen molar-refractivity contribution in [1.82, 2.24) is 0 Å². The van der Waals surface area contributed by atoms with E-state index in [4.69, 9.17) is 0 Å². The molecular weight excluding hydrogens is 497 g/mol. The van der Waals surface area contributed by atoms with E-state index in [1.807, 2.05) is 0 Å². The molecule has 0 fully saturated rings. The van der Waals surface area contributed by atoms with Crippen LogP contribution in [0.25, 0.3) is 0 Å². The van der Waals surface area contributed by atoms with Gasteiger partial charge in [-0.2, -0.15) is 8.78 Å². The van der Waals surface area contributed by atoms with Gasteiger partial charge in [-0.1, -0.05) is 0 Å². The van der Waals surface area contributed by atoms with Crippen LogP contribution in [0.1, 0.15) is 0 Å². The van der Waals surface area contributed by atoms with Crippen molar-refractivity contribution >= 4 is 10.1 Å². The van der Waals surface area contributed by atoms with Gasteiger partial charge in [0.05, 0.1) is 0 Å². The van der Waals surface area contributed by atoms with Gasteiger partial charge in [-0.3, -0.25) is 0 Å². The van der Waals surface area contributed by atoms with Crippen LogP contribution >= 0.6 is 0 Å². The Balaban J connectivity index is 0. The van der Waals surface area contributed by atoms with Crippen molar-refractivity contribution in [3.8, 4) is 0 Å². The average molecular weight is 508 g/mol. The molecule has 31 heavy (non-hydrogen) atoms. The number of halogens is 14. The second-order valence-corrected chi connectivity index (χ2v) is 7.17. The van der Waals surface area contributed by atoms with Crippen LogP contribution < -0.4 is 18.9 Å². The summed E-state index contributed by atoms with van der Waals surface area (Å²) in [6, 6.07) is 0. The van der Waals surface area contributed by atoms with Crippen molar-refractivity contribution in [3.63, 3.8) is 0 Å². The van der Waals surface area contributed by atoms with E-state index in [2.05, 4.69) is 0 Å². The SMILES string of the molecule is O=S(=O)([O-])C(F)C(F)(F)C(F)C(F)C(F)C(F)C(F)C(F)C(F)C(F)C(F)C(F)F.[Li+]. The minimum atomic E-state index is -6.66. The summed E-state index contributed by atoms with van der Waals surface area (Å²) in [6.45, 7) is 0. The van der Waals surface area contributed by atoms with Gasteiger partial charge in [-0.15, -0.1) is 0 Å². The molecule has 0 aromatic heterocycles. The minimum Gasteiger partial charge on any atom is -0.746 e. The molecule has 0 saturated carbocycles. The van der Waals surface area contributed by atoms with Gasteiger partial charge in [0.25, 0.3) is 11.9 Å². The largest absolute Gasteiger partial charge is 1.00 e. The van der Waals surface area contributed by atoms with Gasteiger partial charge >= 0.3 is 24.8 Å². The fourth-order valence-electron chi connectivity index (χ4n) is 1.88. The Morgan fingerprint density at radius 1 is 0.548 bits per heavy atom. The Bertz CT molecular complexity index is 642. The van der Waals surface area contributed by atoms with E-state index >= 15 is 0 Å². The van der Waals surface area contributed by atoms with Crippen molar-refractivity contribution in [3.05, 3.63) is 0 Å². The molecule has 0 aromatic rings. The quantitative estimate of drug-likeness (QED) is 0.223. The Morgan fingerprint density at radius 3 is 1.06 bits per heavy atom. The van der Waals surface area contributed by atoms with E-state index in [1.54, 1.807) is 0 Å². The molecule has 0 radical (unpaired) electrons. The Labute approximate surface area is 177 Å². The maximum absolute atomic E-state index is 13.4. The molecule has 0 heterocycles. The fourth-order valence-corrected chi connectivity index (χ4v) is 2.40. The molecule has 3 nitrogen and oxygen atoms in total. The van der Waals surface area contributed by atoms with E-state index in [0.29, 0.717) is 0 Å². The third kappa shape index (κ3) is 7.81. The topological polar surface area (TPSA) is 57.2 Å². The number of alkyl halides is 14. The van der Waals surface area contributed by atoms with Crippen LogP contribution in [0.2, 0.25) is 0 Å². The number of hydrogen-bond acceptors (Lipinski definition) is 3. The molecule has 0 aliphatic heterocycles. The molecule has 19 heteroatoms. The van der Waals surface area contributed by atoms with Crippen LogP contribution in [0, 0.1) is 0 Å². The summed E-state index contributed by atoms with van der Waals surface area (Å²) in [5.41, 5.74) is -5.02. The average Bonchev–Trinajstić information content (AvgIpc) is 2.66. The Hall–Kier alpha value is -0.473. The third-order valence-corrected chi connectivity index (χ3v) is 4.39. The predicted octanol–water partition coefficient (Wildman–Crippen LogP) is 0.775. The molecule has 10 unspecified atom stereocenters. The molecule has 0 rings (SSSR count). The maximum Gasteiger partial charge on any atom is 1.00 e. The zero-order valence-corrected chi connectivity index (χ0v) is 15.6. The van der Waals surface area contributed by atoms with Crippen molar-refractivity contribution < 1.29 is 93.3 Å². The summed E-state index contributed by atoms with van der Waals surface area (Å²) in [4.78, 5) is 0. The molecule has 0 saturated heterocycles. The molecule has 182 valence electrons. The molecule has 0 spiro atoms. The van der Waals surface area contributed by atoms with Crippen molar-refractivity contribution in [2.24, 2.45) is 0 Å². The van der Waals surface area contributed by atoms with Crippen molar-refractivity contribution in [2.75, 3.05) is 0 Å². The van der Waals surface area contributed by atoms with E-state index in [0.717, 1.165) is 0 Å². The summed E-state index contributed by atoms with van der Waals surface area (Å²) >= 11 is 0. The van der Waals surface area contributed by atoms with Crippen LogP contribution in [0.3, 0.4) is 0 Å². The van der Waals surface area contributed by atoms with Gasteiger partial charge in [-0.05, 0) is 0 Å². The van der Waals surface area contributed by atoms with Crippen LogP contribution in [0.5, 0.6) is 0 Å². The van der Waals surface area contributed by atoms with Crippen LogP contribution in [-0.4, -0.2) is 86.4 Å². The first kappa shape index (κ1) is 32.7. The molecular formula is C12H11F14LiO3S. The van der Waals surface area contributed by atoms with E-state index < -0.39 is 83.5 Å². The van der Waals surface area contributed by atoms with Crippen molar-refractivity contribution in [2.45, 2.75) is 73.4 Å². The van der Waals surface area contributed by atoms with Gasteiger partial charge < -0.3 is 4.55 Å². The summed E-state index contributed by atoms with van der Waals surface area (Å²) in [5.74, 6) is -6.16. The minimum absolute atomic E-state index is 0. The molecule has 0 aliphatic rings. The van der Waals surface area contributed by atoms with Gasteiger partial charge in [0, 0.05) is 0 Å². The number of hydrogen-bond donors (Lipinski definition) is 0. The maximum atomic E-state index is 13.4. The molecule has 0 aromatic carbocycles. The first-order chi connectivity index (χ1) is 13.3. The first-order valence-corrected chi connectivity index (χ1v) is 8.78. The number of rotatable bonds is 12. The molecule has 0 amide bonds. The summed E-state index contributed by atoms with van der Waals surface area (Å²) in [7, 11) is -6.66. The van der Waals surface area contributed by atoms with Gasteiger partial charge in [0.15, 0.2) is 49.4 Å². The van der Waals surface area contributed by atoms with Gasteiger partial charge in [-0.25, -0.2) is 61.1 Å². The van der Waals surface area contributed by atoms with Crippen LogP contribution in [-0.2, 0) is 10.1 Å². The molecule has 0 aliphatic carbocycles. The Morgan fingerprint density at radius 2 is 0.806 bits per heavy atom. The normalized spacial score (nSPS) is 23.0. The smallest absolute Gasteiger partial charge is 0.746 e. The van der Waals surface area contributed by atoms with E-state index in [-0.39, 0.29) is 18.9 Å². The van der Waals surface area contributed by atoms with Crippen molar-refractivity contribution in [1.29, 1.82) is 0 Å². The molecule has 10 atom stereocenters. The monoisotopic (exact) mass is 508 g/mol. The zero-order valence-electron chi connectivity index (χ0n) is 14.8. The summed E-state index contributed by atoms with van der Waals surface area (Å²) in [5, 5.41) is 0. The zero-order chi connectivity index (χ0) is 24.4. The first-order valence-electron chi connectivity index (χ1n) is 7.31. The molecule has 0 bridgehead atoms.